The molecular formula is C16H15ClFNO. The van der Waals surface area contributed by atoms with Gasteiger partial charge in [0, 0.05) is 29.9 Å². The van der Waals surface area contributed by atoms with Crippen molar-refractivity contribution >= 4 is 17.3 Å². The number of anilines is 1. The van der Waals surface area contributed by atoms with Crippen LogP contribution in [0.25, 0.3) is 0 Å². The Hall–Kier alpha value is -1.58. The number of fused-ring (bicyclic) bond motifs is 1. The van der Waals surface area contributed by atoms with Crippen molar-refractivity contribution in [2.24, 2.45) is 0 Å². The van der Waals surface area contributed by atoms with Crippen molar-refractivity contribution in [1.29, 1.82) is 0 Å². The van der Waals surface area contributed by atoms with Gasteiger partial charge in [-0.3, -0.25) is 0 Å². The zero-order valence-corrected chi connectivity index (χ0v) is 11.9. The average Bonchev–Trinajstić information content (AvgIpc) is 2.82. The average molecular weight is 292 g/mol. The lowest BCUT2D eigenvalue weighted by Crippen LogP contribution is -2.12. The monoisotopic (exact) mass is 291 g/mol. The highest BCUT2D eigenvalue weighted by Gasteiger charge is 2.20. The highest BCUT2D eigenvalue weighted by molar-refractivity contribution is 6.31. The highest BCUT2D eigenvalue weighted by Crippen LogP contribution is 2.33. The summed E-state index contributed by atoms with van der Waals surface area (Å²) in [6, 6.07) is 9.88. The molecule has 104 valence electrons. The van der Waals surface area contributed by atoms with Crippen LogP contribution in [0.3, 0.4) is 0 Å². The van der Waals surface area contributed by atoms with Crippen LogP contribution >= 0.6 is 11.6 Å². The summed E-state index contributed by atoms with van der Waals surface area (Å²) in [5, 5.41) is 10.8. The molecule has 2 aromatic carbocycles. The Bertz CT molecular complexity index is 659. The first-order chi connectivity index (χ1) is 9.56. The maximum atomic E-state index is 13.3. The first-order valence-electron chi connectivity index (χ1n) is 6.53. The van der Waals surface area contributed by atoms with E-state index < -0.39 is 11.9 Å². The first-order valence-corrected chi connectivity index (χ1v) is 6.91. The van der Waals surface area contributed by atoms with Crippen LogP contribution in [-0.4, -0.2) is 18.7 Å². The van der Waals surface area contributed by atoms with Gasteiger partial charge in [-0.25, -0.2) is 4.39 Å². The SMILES string of the molecule is CN1CCc2cc(C(O)c3cc(F)ccc3Cl)ccc21. The van der Waals surface area contributed by atoms with Crippen LogP contribution in [0.1, 0.15) is 22.8 Å². The molecular weight excluding hydrogens is 277 g/mol. The minimum Gasteiger partial charge on any atom is -0.384 e. The van der Waals surface area contributed by atoms with Gasteiger partial charge in [0.25, 0.3) is 0 Å². The minimum atomic E-state index is -0.908. The van der Waals surface area contributed by atoms with Crippen molar-refractivity contribution in [2.75, 3.05) is 18.5 Å². The number of rotatable bonds is 2. The van der Waals surface area contributed by atoms with Crippen LogP contribution in [0, 0.1) is 5.82 Å². The molecule has 2 nitrogen and oxygen atoms in total. The van der Waals surface area contributed by atoms with E-state index in [1.54, 1.807) is 0 Å². The Balaban J connectivity index is 1.99. The van der Waals surface area contributed by atoms with E-state index in [1.807, 2.05) is 25.2 Å². The van der Waals surface area contributed by atoms with Crippen molar-refractivity contribution < 1.29 is 9.50 Å². The zero-order chi connectivity index (χ0) is 14.3. The Morgan fingerprint density at radius 2 is 2.05 bits per heavy atom. The number of hydrogen-bond donors (Lipinski definition) is 1. The van der Waals surface area contributed by atoms with Crippen molar-refractivity contribution in [2.45, 2.75) is 12.5 Å². The zero-order valence-electron chi connectivity index (χ0n) is 11.1. The van der Waals surface area contributed by atoms with Crippen LogP contribution in [0.4, 0.5) is 10.1 Å². The fraction of sp³-hybridized carbons (Fsp3) is 0.250. The molecule has 1 unspecified atom stereocenters. The third-order valence-corrected chi connectivity index (χ3v) is 4.14. The quantitative estimate of drug-likeness (QED) is 0.914. The standard InChI is InChI=1S/C16H15ClFNO/c1-19-7-6-10-8-11(2-5-15(10)19)16(20)13-9-12(18)3-4-14(13)17/h2-5,8-9,16,20H,6-7H2,1H3. The Labute approximate surface area is 122 Å². The molecule has 0 bridgehead atoms. The second-order valence-electron chi connectivity index (χ2n) is 5.13. The Morgan fingerprint density at radius 3 is 2.85 bits per heavy atom. The fourth-order valence-electron chi connectivity index (χ4n) is 2.66. The van der Waals surface area contributed by atoms with E-state index in [-0.39, 0.29) is 0 Å². The predicted molar refractivity (Wildman–Crippen MR) is 78.9 cm³/mol. The van der Waals surface area contributed by atoms with Crippen molar-refractivity contribution in [1.82, 2.24) is 0 Å². The molecule has 0 saturated carbocycles. The van der Waals surface area contributed by atoms with Crippen LogP contribution in [0.15, 0.2) is 36.4 Å². The summed E-state index contributed by atoms with van der Waals surface area (Å²) >= 11 is 6.05. The molecule has 0 aliphatic carbocycles. The first kappa shape index (κ1) is 13.4. The number of nitrogens with zero attached hydrogens (tertiary/aromatic N) is 1. The molecule has 4 heteroatoms. The van der Waals surface area contributed by atoms with E-state index in [4.69, 9.17) is 11.6 Å². The van der Waals surface area contributed by atoms with Gasteiger partial charge in [-0.2, -0.15) is 0 Å². The summed E-state index contributed by atoms with van der Waals surface area (Å²) < 4.78 is 13.3. The molecule has 1 aliphatic heterocycles. The van der Waals surface area contributed by atoms with E-state index in [1.165, 1.54) is 29.4 Å². The smallest absolute Gasteiger partial charge is 0.123 e. The number of aliphatic hydroxyl groups is 1. The third-order valence-electron chi connectivity index (χ3n) is 3.80. The van der Waals surface area contributed by atoms with Gasteiger partial charge < -0.3 is 10.0 Å². The number of halogens is 2. The van der Waals surface area contributed by atoms with Gasteiger partial charge in [0.15, 0.2) is 0 Å². The molecule has 1 aliphatic rings. The number of likely N-dealkylation sites (N-methyl/N-ethyl adjacent to an activating group) is 1. The summed E-state index contributed by atoms with van der Waals surface area (Å²) in [6.45, 7) is 0.982. The lowest BCUT2D eigenvalue weighted by molar-refractivity contribution is 0.220. The molecule has 3 rings (SSSR count). The number of hydrogen-bond acceptors (Lipinski definition) is 2. The molecule has 0 saturated heterocycles. The molecule has 20 heavy (non-hydrogen) atoms. The summed E-state index contributed by atoms with van der Waals surface area (Å²) in [5.74, 6) is -0.399. The largest absolute Gasteiger partial charge is 0.384 e. The lowest BCUT2D eigenvalue weighted by atomic mass is 9.98. The van der Waals surface area contributed by atoms with Gasteiger partial charge in [-0.05, 0) is 41.8 Å². The fourth-order valence-corrected chi connectivity index (χ4v) is 2.88. The molecule has 1 N–H and O–H groups in total. The minimum absolute atomic E-state index is 0.372. The van der Waals surface area contributed by atoms with E-state index in [0.29, 0.717) is 10.6 Å². The highest BCUT2D eigenvalue weighted by atomic mass is 35.5. The second-order valence-corrected chi connectivity index (χ2v) is 5.54. The Morgan fingerprint density at radius 1 is 1.25 bits per heavy atom. The number of benzene rings is 2. The summed E-state index contributed by atoms with van der Waals surface area (Å²) in [5.41, 5.74) is 3.53. The van der Waals surface area contributed by atoms with Crippen LogP contribution in [-0.2, 0) is 6.42 Å². The van der Waals surface area contributed by atoms with Crippen LogP contribution in [0.2, 0.25) is 5.02 Å². The van der Waals surface area contributed by atoms with Crippen LogP contribution < -0.4 is 4.90 Å². The maximum absolute atomic E-state index is 13.3. The van der Waals surface area contributed by atoms with Crippen LogP contribution in [0.5, 0.6) is 0 Å². The number of aliphatic hydroxyl groups excluding tert-OH is 1. The van der Waals surface area contributed by atoms with Gasteiger partial charge in [0.1, 0.15) is 11.9 Å². The molecule has 0 spiro atoms. The summed E-state index contributed by atoms with van der Waals surface area (Å²) in [6.07, 6.45) is 0.0536. The molecule has 0 radical (unpaired) electrons. The summed E-state index contributed by atoms with van der Waals surface area (Å²) in [4.78, 5) is 2.18. The van der Waals surface area contributed by atoms with Crippen molar-refractivity contribution in [3.8, 4) is 0 Å². The van der Waals surface area contributed by atoms with Gasteiger partial charge in [-0.15, -0.1) is 0 Å². The predicted octanol–water partition coefficient (Wildman–Crippen LogP) is 3.55. The lowest BCUT2D eigenvalue weighted by Gasteiger charge is -2.16. The molecule has 1 atom stereocenters. The van der Waals surface area contributed by atoms with Gasteiger partial charge in [0.2, 0.25) is 0 Å². The van der Waals surface area contributed by atoms with Crippen molar-refractivity contribution in [3.63, 3.8) is 0 Å². The molecule has 0 fully saturated rings. The van der Waals surface area contributed by atoms with E-state index >= 15 is 0 Å². The Kier molecular flexibility index (Phi) is 3.40. The normalized spacial score (nSPS) is 15.3. The molecule has 0 aromatic heterocycles. The van der Waals surface area contributed by atoms with Gasteiger partial charge in [0.05, 0.1) is 0 Å². The van der Waals surface area contributed by atoms with E-state index in [2.05, 4.69) is 4.90 Å². The molecule has 0 amide bonds. The second kappa shape index (κ2) is 5.08. The topological polar surface area (TPSA) is 23.5 Å². The van der Waals surface area contributed by atoms with E-state index in [9.17, 15) is 9.50 Å². The third kappa shape index (κ3) is 2.28. The molecule has 2 aromatic rings. The summed E-state index contributed by atoms with van der Waals surface area (Å²) in [7, 11) is 2.05. The maximum Gasteiger partial charge on any atom is 0.123 e. The van der Waals surface area contributed by atoms with E-state index in [0.717, 1.165) is 18.5 Å². The van der Waals surface area contributed by atoms with Gasteiger partial charge in [-0.1, -0.05) is 23.7 Å². The van der Waals surface area contributed by atoms with Crippen molar-refractivity contribution in [3.05, 3.63) is 63.9 Å². The molecule has 1 heterocycles. The van der Waals surface area contributed by atoms with Gasteiger partial charge >= 0.3 is 0 Å².